The smallest absolute Gasteiger partial charge is 0.120 e. The predicted molar refractivity (Wildman–Crippen MR) is 52.8 cm³/mol. The van der Waals surface area contributed by atoms with E-state index in [-0.39, 0.29) is 0 Å². The number of hydrogen-bond donors (Lipinski definition) is 0. The van der Waals surface area contributed by atoms with Crippen molar-refractivity contribution in [3.8, 4) is 0 Å². The summed E-state index contributed by atoms with van der Waals surface area (Å²) >= 11 is 34.7. The van der Waals surface area contributed by atoms with E-state index >= 15 is 0 Å². The molecular formula is C5H4Cl6. The van der Waals surface area contributed by atoms with Crippen molar-refractivity contribution in [2.45, 2.75) is 25.8 Å². The molecule has 1 aliphatic rings. The zero-order valence-electron chi connectivity index (χ0n) is 5.13. The molecule has 1 fully saturated rings. The largest absolute Gasteiger partial charge is 0.153 e. The van der Waals surface area contributed by atoms with Crippen LogP contribution in [-0.4, -0.2) is 19.4 Å². The first-order valence-corrected chi connectivity index (χ1v) is 5.20. The van der Waals surface area contributed by atoms with Gasteiger partial charge in [-0.05, 0) is 0 Å². The molecule has 0 heterocycles. The average Bonchev–Trinajstić information content (AvgIpc) is 1.94. The maximum atomic E-state index is 5.79. The number of hydrogen-bond acceptors (Lipinski definition) is 0. The molecule has 0 aromatic heterocycles. The van der Waals surface area contributed by atoms with Crippen LogP contribution in [0.1, 0.15) is 6.42 Å². The van der Waals surface area contributed by atoms with Crippen LogP contribution in [-0.2, 0) is 0 Å². The third-order valence-corrected chi connectivity index (χ3v) is 5.17. The van der Waals surface area contributed by atoms with E-state index in [9.17, 15) is 0 Å². The molecule has 0 saturated heterocycles. The van der Waals surface area contributed by atoms with E-state index in [0.717, 1.165) is 0 Å². The minimum atomic E-state index is -1.24. The number of halogens is 6. The molecule has 0 N–H and O–H groups in total. The van der Waals surface area contributed by atoms with Crippen LogP contribution >= 0.6 is 69.6 Å². The Morgan fingerprint density at radius 3 is 1.55 bits per heavy atom. The molecular weight excluding hydrogens is 273 g/mol. The first kappa shape index (κ1) is 10.8. The van der Waals surface area contributed by atoms with Gasteiger partial charge in [0.25, 0.3) is 0 Å². The van der Waals surface area contributed by atoms with Gasteiger partial charge in [0, 0.05) is 6.42 Å². The van der Waals surface area contributed by atoms with E-state index in [1.54, 1.807) is 0 Å². The molecule has 1 rings (SSSR count). The van der Waals surface area contributed by atoms with Crippen LogP contribution in [0.3, 0.4) is 0 Å². The zero-order chi connectivity index (χ0) is 8.86. The van der Waals surface area contributed by atoms with Crippen molar-refractivity contribution in [3.05, 3.63) is 0 Å². The Hall–Kier alpha value is 1.74. The Morgan fingerprint density at radius 2 is 1.45 bits per heavy atom. The normalized spacial score (nSPS) is 40.9. The summed E-state index contributed by atoms with van der Waals surface area (Å²) in [6.07, 6.45) is 0.291. The van der Waals surface area contributed by atoms with Crippen LogP contribution in [0.25, 0.3) is 0 Å². The van der Waals surface area contributed by atoms with Gasteiger partial charge in [0.05, 0.1) is 5.38 Å². The highest BCUT2D eigenvalue weighted by molar-refractivity contribution is 6.62. The monoisotopic (exact) mass is 274 g/mol. The van der Waals surface area contributed by atoms with Crippen molar-refractivity contribution < 1.29 is 0 Å². The highest BCUT2D eigenvalue weighted by Crippen LogP contribution is 2.55. The van der Waals surface area contributed by atoms with E-state index < -0.39 is 19.4 Å². The first-order valence-electron chi connectivity index (χ1n) is 2.82. The summed E-state index contributed by atoms with van der Waals surface area (Å²) in [6, 6.07) is 0. The highest BCUT2D eigenvalue weighted by Gasteiger charge is 2.59. The summed E-state index contributed by atoms with van der Waals surface area (Å²) in [6.45, 7) is 0. The predicted octanol–water partition coefficient (Wildman–Crippen LogP) is 3.95. The quantitative estimate of drug-likeness (QED) is 0.588. The summed E-state index contributed by atoms with van der Waals surface area (Å²) in [5.41, 5.74) is 0. The summed E-state index contributed by atoms with van der Waals surface area (Å²) in [5.74, 6) is 0. The molecule has 1 aliphatic carbocycles. The lowest BCUT2D eigenvalue weighted by Crippen LogP contribution is -2.33. The third kappa shape index (κ3) is 1.82. The van der Waals surface area contributed by atoms with Gasteiger partial charge in [0.1, 0.15) is 9.71 Å². The lowest BCUT2D eigenvalue weighted by Gasteiger charge is -2.22. The van der Waals surface area contributed by atoms with Gasteiger partial charge in [-0.15, -0.1) is 23.2 Å². The van der Waals surface area contributed by atoms with E-state index in [0.29, 0.717) is 6.42 Å². The van der Waals surface area contributed by atoms with Crippen LogP contribution in [0.5, 0.6) is 0 Å². The van der Waals surface area contributed by atoms with Crippen molar-refractivity contribution in [1.29, 1.82) is 0 Å². The van der Waals surface area contributed by atoms with Gasteiger partial charge < -0.3 is 0 Å². The lowest BCUT2D eigenvalue weighted by atomic mass is 10.3. The molecule has 1 saturated carbocycles. The topological polar surface area (TPSA) is 0 Å². The molecule has 66 valence electrons. The van der Waals surface area contributed by atoms with Crippen LogP contribution in [0.15, 0.2) is 0 Å². The molecule has 6 heteroatoms. The maximum absolute atomic E-state index is 5.79. The standard InChI is InChI=1S/C5H4Cl6/c6-2-1-4(8,9)3(7)5(2,10)11/h2-3H,1H2. The molecule has 0 amide bonds. The number of rotatable bonds is 0. The minimum absolute atomic E-state index is 0.291. The molecule has 0 radical (unpaired) electrons. The number of alkyl halides is 6. The van der Waals surface area contributed by atoms with Gasteiger partial charge in [-0.3, -0.25) is 0 Å². The lowest BCUT2D eigenvalue weighted by molar-refractivity contribution is 0.808. The summed E-state index contributed by atoms with van der Waals surface area (Å²) in [5, 5.41) is -1.26. The first-order chi connectivity index (χ1) is 4.78. The zero-order valence-corrected chi connectivity index (χ0v) is 9.67. The Kier molecular flexibility index (Phi) is 3.10. The van der Waals surface area contributed by atoms with Crippen molar-refractivity contribution in [2.24, 2.45) is 0 Å². The molecule has 0 aliphatic heterocycles. The van der Waals surface area contributed by atoms with E-state index in [1.165, 1.54) is 0 Å². The van der Waals surface area contributed by atoms with Crippen molar-refractivity contribution in [3.63, 3.8) is 0 Å². The molecule has 0 aromatic rings. The molecule has 0 bridgehead atoms. The van der Waals surface area contributed by atoms with Crippen molar-refractivity contribution in [2.75, 3.05) is 0 Å². The summed E-state index contributed by atoms with van der Waals surface area (Å²) < 4.78 is -2.37. The molecule has 11 heavy (non-hydrogen) atoms. The Bertz CT molecular complexity index is 164. The molecule has 0 nitrogen and oxygen atoms in total. The third-order valence-electron chi connectivity index (χ3n) is 1.58. The van der Waals surface area contributed by atoms with Crippen molar-refractivity contribution >= 4 is 69.6 Å². The molecule has 2 unspecified atom stereocenters. The van der Waals surface area contributed by atoms with Gasteiger partial charge in [0.15, 0.2) is 4.33 Å². The van der Waals surface area contributed by atoms with E-state index in [1.807, 2.05) is 0 Å². The summed E-state index contributed by atoms with van der Waals surface area (Å²) in [7, 11) is 0. The molecule has 0 aromatic carbocycles. The second-order valence-corrected chi connectivity index (χ2v) is 6.42. The Balaban J connectivity index is 2.89. The maximum Gasteiger partial charge on any atom is 0.153 e. The van der Waals surface area contributed by atoms with Gasteiger partial charge >= 0.3 is 0 Å². The second kappa shape index (κ2) is 3.15. The van der Waals surface area contributed by atoms with Gasteiger partial charge in [-0.2, -0.15) is 0 Å². The molecule has 0 spiro atoms. The summed E-state index contributed by atoms with van der Waals surface area (Å²) in [4.78, 5) is 0. The highest BCUT2D eigenvalue weighted by atomic mass is 35.5. The Labute approximate surface area is 95.0 Å². The van der Waals surface area contributed by atoms with Gasteiger partial charge in [-0.25, -0.2) is 0 Å². The van der Waals surface area contributed by atoms with E-state index in [4.69, 9.17) is 69.6 Å². The van der Waals surface area contributed by atoms with E-state index in [2.05, 4.69) is 0 Å². The fourth-order valence-corrected chi connectivity index (χ4v) is 3.15. The Morgan fingerprint density at radius 1 is 1.00 bits per heavy atom. The van der Waals surface area contributed by atoms with Crippen molar-refractivity contribution in [1.82, 2.24) is 0 Å². The van der Waals surface area contributed by atoms with Crippen LogP contribution in [0.4, 0.5) is 0 Å². The average molecular weight is 277 g/mol. The van der Waals surface area contributed by atoms with Gasteiger partial charge in [-0.1, -0.05) is 46.4 Å². The fraction of sp³-hybridized carbons (Fsp3) is 1.00. The van der Waals surface area contributed by atoms with Crippen LogP contribution in [0, 0.1) is 0 Å². The fourth-order valence-electron chi connectivity index (χ4n) is 0.919. The second-order valence-electron chi connectivity index (χ2n) is 2.47. The van der Waals surface area contributed by atoms with Crippen LogP contribution < -0.4 is 0 Å². The molecule has 2 atom stereocenters. The van der Waals surface area contributed by atoms with Gasteiger partial charge in [0.2, 0.25) is 0 Å². The minimum Gasteiger partial charge on any atom is -0.120 e. The van der Waals surface area contributed by atoms with Crippen LogP contribution in [0.2, 0.25) is 0 Å². The SMILES string of the molecule is ClC1CC(Cl)(Cl)C(Cl)C1(Cl)Cl.